The Kier molecular flexibility index (Phi) is 7.44. The first kappa shape index (κ1) is 26.7. The van der Waals surface area contributed by atoms with E-state index in [0.29, 0.717) is 5.69 Å². The second-order valence-electron chi connectivity index (χ2n) is 8.23. The van der Waals surface area contributed by atoms with Crippen LogP contribution in [0.3, 0.4) is 0 Å². The van der Waals surface area contributed by atoms with E-state index < -0.39 is 32.3 Å². The smallest absolute Gasteiger partial charge is 0.504 e. The fraction of sp³-hybridized carbons (Fsp3) is 0.273. The number of anilines is 5. The topological polar surface area (TPSA) is 177 Å². The summed E-state index contributed by atoms with van der Waals surface area (Å²) in [5, 5.41) is 15.7. The lowest BCUT2D eigenvalue weighted by Crippen LogP contribution is -2.53. The minimum Gasteiger partial charge on any atom is -0.504 e. The number of fused-ring (bicyclic) bond motifs is 1. The highest BCUT2D eigenvalue weighted by molar-refractivity contribution is 7.32. The first-order valence-electron chi connectivity index (χ1n) is 10.8. The predicted octanol–water partition coefficient (Wildman–Crippen LogP) is 3.35. The molecular weight excluding hydrogens is 526 g/mol. The number of nitrogens with one attached hydrogen (secondary N) is 2. The second-order valence-corrected chi connectivity index (χ2v) is 8.96. The number of carbonyl (C=O) groups excluding carboxylic acids is 1. The highest BCUT2D eigenvalue weighted by atomic mass is 31.1. The van der Waals surface area contributed by atoms with E-state index in [2.05, 4.69) is 25.6 Å². The molecule has 0 saturated carbocycles. The molecule has 2 aromatic heterocycles. The third-order valence-electron chi connectivity index (χ3n) is 5.22. The number of hydrogen-bond donors (Lipinski definition) is 4. The van der Waals surface area contributed by atoms with Crippen LogP contribution in [-0.4, -0.2) is 57.4 Å². The number of rotatable bonds is 9. The number of benzene rings is 1. The molecule has 38 heavy (non-hydrogen) atoms. The van der Waals surface area contributed by atoms with Crippen molar-refractivity contribution in [1.82, 2.24) is 15.0 Å². The number of phenols is 1. The maximum atomic E-state index is 14.6. The summed E-state index contributed by atoms with van der Waals surface area (Å²) in [6.45, 7) is 2.49. The van der Waals surface area contributed by atoms with Crippen molar-refractivity contribution in [2.24, 2.45) is 0 Å². The normalized spacial score (nSPS) is 14.3. The van der Waals surface area contributed by atoms with Gasteiger partial charge in [-0.25, -0.2) is 14.4 Å². The number of aromatic nitrogens is 3. The SMILES string of the molecule is COc1cc(Nc2ncc(F)c(Nc3ccc4c(n3)N(CO[P+](=O)O)C(=O)C(C)(C)O4)n2)cc(O)c1OC. The number of halogens is 1. The Hall–Kier alpha value is -4.33. The van der Waals surface area contributed by atoms with Gasteiger partial charge < -0.3 is 30.0 Å². The Bertz CT molecular complexity index is 1410. The summed E-state index contributed by atoms with van der Waals surface area (Å²) in [4.78, 5) is 35.2. The van der Waals surface area contributed by atoms with Gasteiger partial charge in [-0.1, -0.05) is 4.52 Å². The minimum atomic E-state index is -2.98. The van der Waals surface area contributed by atoms with Gasteiger partial charge in [0.2, 0.25) is 11.7 Å². The van der Waals surface area contributed by atoms with E-state index in [4.69, 9.17) is 23.6 Å². The number of nitrogens with zero attached hydrogens (tertiary/aromatic N) is 4. The fourth-order valence-corrected chi connectivity index (χ4v) is 3.74. The molecular formula is C22H23FN6O8P+. The molecule has 200 valence electrons. The molecule has 3 heterocycles. The van der Waals surface area contributed by atoms with Gasteiger partial charge in [0.25, 0.3) is 5.91 Å². The number of methoxy groups -OCH3 is 2. The number of aromatic hydroxyl groups is 1. The summed E-state index contributed by atoms with van der Waals surface area (Å²) >= 11 is 0. The largest absolute Gasteiger partial charge is 0.696 e. The number of pyridine rings is 1. The molecule has 1 aliphatic rings. The molecule has 1 amide bonds. The molecule has 1 atom stereocenters. The number of hydrogen-bond acceptors (Lipinski definition) is 12. The molecule has 0 aliphatic carbocycles. The quantitative estimate of drug-likeness (QED) is 0.286. The van der Waals surface area contributed by atoms with Gasteiger partial charge in [-0.2, -0.15) is 4.98 Å². The zero-order chi connectivity index (χ0) is 27.6. The van der Waals surface area contributed by atoms with Crippen molar-refractivity contribution in [3.63, 3.8) is 0 Å². The highest BCUT2D eigenvalue weighted by Gasteiger charge is 2.43. The summed E-state index contributed by atoms with van der Waals surface area (Å²) in [6, 6.07) is 5.84. The molecule has 0 radical (unpaired) electrons. The second kappa shape index (κ2) is 10.6. The molecule has 14 nitrogen and oxygen atoms in total. The van der Waals surface area contributed by atoms with Crippen LogP contribution >= 0.6 is 8.25 Å². The summed E-state index contributed by atoms with van der Waals surface area (Å²) in [7, 11) is -0.201. The van der Waals surface area contributed by atoms with Crippen molar-refractivity contribution < 1.29 is 42.5 Å². The van der Waals surface area contributed by atoms with Gasteiger partial charge in [0.15, 0.2) is 47.0 Å². The molecule has 4 N–H and O–H groups in total. The van der Waals surface area contributed by atoms with Crippen molar-refractivity contribution in [3.05, 3.63) is 36.3 Å². The minimum absolute atomic E-state index is 0.00945. The van der Waals surface area contributed by atoms with Crippen LogP contribution in [0.15, 0.2) is 30.5 Å². The molecule has 3 aromatic rings. The third-order valence-corrected chi connectivity index (χ3v) is 5.56. The Balaban J connectivity index is 1.61. The molecule has 1 aromatic carbocycles. The molecule has 0 spiro atoms. The number of ether oxygens (including phenoxy) is 3. The first-order chi connectivity index (χ1) is 18.0. The average molecular weight is 549 g/mol. The molecule has 0 fully saturated rings. The van der Waals surface area contributed by atoms with Gasteiger partial charge in [-0.05, 0) is 26.0 Å². The summed E-state index contributed by atoms with van der Waals surface area (Å²) in [5.41, 5.74) is -0.952. The van der Waals surface area contributed by atoms with Crippen LogP contribution in [0, 0.1) is 5.82 Å². The molecule has 1 aliphatic heterocycles. The Morgan fingerprint density at radius 2 is 1.95 bits per heavy atom. The Morgan fingerprint density at radius 3 is 2.63 bits per heavy atom. The molecule has 4 rings (SSSR count). The molecule has 0 bridgehead atoms. The Morgan fingerprint density at radius 1 is 1.18 bits per heavy atom. The monoisotopic (exact) mass is 549 g/mol. The van der Waals surface area contributed by atoms with Gasteiger partial charge >= 0.3 is 8.25 Å². The third kappa shape index (κ3) is 5.49. The van der Waals surface area contributed by atoms with Crippen molar-refractivity contribution in [1.29, 1.82) is 0 Å². The number of phenolic OH excluding ortho intramolecular Hbond substituents is 1. The van der Waals surface area contributed by atoms with E-state index in [1.165, 1.54) is 52.3 Å². The van der Waals surface area contributed by atoms with Gasteiger partial charge in [-0.15, -0.1) is 4.89 Å². The van der Waals surface area contributed by atoms with Crippen LogP contribution in [0.5, 0.6) is 23.0 Å². The lowest BCUT2D eigenvalue weighted by atomic mass is 10.1. The fourth-order valence-electron chi connectivity index (χ4n) is 3.53. The zero-order valence-corrected chi connectivity index (χ0v) is 21.4. The van der Waals surface area contributed by atoms with Crippen LogP contribution in [-0.2, 0) is 13.9 Å². The lowest BCUT2D eigenvalue weighted by molar-refractivity contribution is -0.133. The van der Waals surface area contributed by atoms with Crippen LogP contribution in [0.25, 0.3) is 0 Å². The number of carbonyl (C=O) groups is 1. The number of amides is 1. The predicted molar refractivity (Wildman–Crippen MR) is 132 cm³/mol. The van der Waals surface area contributed by atoms with Crippen molar-refractivity contribution >= 4 is 43.3 Å². The van der Waals surface area contributed by atoms with Crippen LogP contribution in [0.4, 0.5) is 33.5 Å². The molecule has 16 heteroatoms. The van der Waals surface area contributed by atoms with Crippen LogP contribution in [0.1, 0.15) is 13.8 Å². The van der Waals surface area contributed by atoms with E-state index in [-0.39, 0.29) is 46.4 Å². The van der Waals surface area contributed by atoms with Crippen LogP contribution in [0.2, 0.25) is 0 Å². The van der Waals surface area contributed by atoms with E-state index in [1.54, 1.807) is 0 Å². The van der Waals surface area contributed by atoms with Gasteiger partial charge in [0.1, 0.15) is 5.82 Å². The van der Waals surface area contributed by atoms with Crippen molar-refractivity contribution in [3.8, 4) is 23.0 Å². The van der Waals surface area contributed by atoms with Gasteiger partial charge in [0.05, 0.1) is 20.4 Å². The van der Waals surface area contributed by atoms with E-state index in [9.17, 15) is 18.9 Å². The molecule has 0 saturated heterocycles. The van der Waals surface area contributed by atoms with Crippen LogP contribution < -0.4 is 29.7 Å². The average Bonchev–Trinajstić information content (AvgIpc) is 2.86. The standard InChI is InChI=1S/C22H22FN6O8P/c1-22(2)20(31)29(10-36-38(32)33)19-14(37-22)5-6-16(27-19)26-18-12(23)9-24-21(28-18)25-11-7-13(30)17(35-4)15(8-11)34-3/h5-9H,10H2,1-4H3,(H3-,24,25,26,27,28,30,32,33)/p+1. The molecule has 1 unspecified atom stereocenters. The zero-order valence-electron chi connectivity index (χ0n) is 20.6. The summed E-state index contributed by atoms with van der Waals surface area (Å²) in [6.07, 6.45) is 0.920. The Labute approximate surface area is 216 Å². The highest BCUT2D eigenvalue weighted by Crippen LogP contribution is 2.40. The van der Waals surface area contributed by atoms with E-state index in [0.717, 1.165) is 11.1 Å². The summed E-state index contributed by atoms with van der Waals surface area (Å²) < 4.78 is 46.4. The first-order valence-corrected chi connectivity index (χ1v) is 12.0. The summed E-state index contributed by atoms with van der Waals surface area (Å²) in [5.74, 6) is -1.22. The van der Waals surface area contributed by atoms with Gasteiger partial charge in [-0.3, -0.25) is 9.69 Å². The van der Waals surface area contributed by atoms with E-state index in [1.807, 2.05) is 0 Å². The lowest BCUT2D eigenvalue weighted by Gasteiger charge is -2.36. The maximum Gasteiger partial charge on any atom is 0.696 e. The van der Waals surface area contributed by atoms with Gasteiger partial charge in [0, 0.05) is 22.4 Å². The van der Waals surface area contributed by atoms with Crippen molar-refractivity contribution in [2.75, 3.05) is 36.5 Å². The van der Waals surface area contributed by atoms with Crippen molar-refractivity contribution in [2.45, 2.75) is 19.4 Å². The maximum absolute atomic E-state index is 14.6. The van der Waals surface area contributed by atoms with E-state index >= 15 is 0 Å².